The first-order valence-electron chi connectivity index (χ1n) is 6.14. The van der Waals surface area contributed by atoms with Crippen LogP contribution in [0.3, 0.4) is 0 Å². The Morgan fingerprint density at radius 1 is 1.06 bits per heavy atom. The lowest BCUT2D eigenvalue weighted by molar-refractivity contribution is -0.135. The molecule has 1 amide bonds. The van der Waals surface area contributed by atoms with Crippen molar-refractivity contribution in [2.24, 2.45) is 5.41 Å². The largest absolute Gasteiger partial charge is 0.312 e. The lowest BCUT2D eigenvalue weighted by atomic mass is 9.84. The van der Waals surface area contributed by atoms with Gasteiger partial charge in [-0.05, 0) is 31.4 Å². The van der Waals surface area contributed by atoms with Crippen molar-refractivity contribution in [3.63, 3.8) is 0 Å². The Labute approximate surface area is 100 Å². The Morgan fingerprint density at radius 3 is 2.47 bits per heavy atom. The Morgan fingerprint density at radius 2 is 1.82 bits per heavy atom. The van der Waals surface area contributed by atoms with Gasteiger partial charge in [-0.1, -0.05) is 18.2 Å². The zero-order valence-electron chi connectivity index (χ0n) is 9.69. The molecule has 3 rings (SSSR count). The van der Waals surface area contributed by atoms with Gasteiger partial charge in [0.1, 0.15) is 11.2 Å². The van der Waals surface area contributed by atoms with Crippen LogP contribution < -0.4 is 4.90 Å². The summed E-state index contributed by atoms with van der Waals surface area (Å²) in [5, 5.41) is 0. The predicted molar refractivity (Wildman–Crippen MR) is 64.7 cm³/mol. The maximum Gasteiger partial charge on any atom is 0.240 e. The minimum absolute atomic E-state index is 0.0196. The van der Waals surface area contributed by atoms with Crippen LogP contribution in [0.15, 0.2) is 30.3 Å². The molecular formula is C14H15NO2. The molecule has 1 heterocycles. The van der Waals surface area contributed by atoms with E-state index < -0.39 is 5.41 Å². The van der Waals surface area contributed by atoms with Crippen LogP contribution in [0.25, 0.3) is 0 Å². The van der Waals surface area contributed by atoms with E-state index in [-0.39, 0.29) is 11.7 Å². The lowest BCUT2D eigenvalue weighted by Gasteiger charge is -2.21. The Kier molecular flexibility index (Phi) is 2.28. The summed E-state index contributed by atoms with van der Waals surface area (Å²) in [5.41, 5.74) is 0.240. The topological polar surface area (TPSA) is 37.4 Å². The normalized spacial score (nSPS) is 28.4. The summed E-state index contributed by atoms with van der Waals surface area (Å²) in [6.07, 6.45) is 2.88. The van der Waals surface area contributed by atoms with Gasteiger partial charge in [-0.2, -0.15) is 0 Å². The second-order valence-corrected chi connectivity index (χ2v) is 4.90. The SMILES string of the molecule is O=C1CCCC12CCN(c1ccccc1)C2=O. The van der Waals surface area contributed by atoms with Crippen LogP contribution in [0.2, 0.25) is 0 Å². The summed E-state index contributed by atoms with van der Waals surface area (Å²) in [7, 11) is 0. The smallest absolute Gasteiger partial charge is 0.240 e. The highest BCUT2D eigenvalue weighted by Gasteiger charge is 2.54. The van der Waals surface area contributed by atoms with Gasteiger partial charge in [-0.15, -0.1) is 0 Å². The number of anilines is 1. The average molecular weight is 229 g/mol. The third kappa shape index (κ3) is 1.42. The molecule has 2 fully saturated rings. The van der Waals surface area contributed by atoms with E-state index in [1.165, 1.54) is 0 Å². The number of ketones is 1. The van der Waals surface area contributed by atoms with E-state index in [1.54, 1.807) is 4.90 Å². The van der Waals surface area contributed by atoms with Crippen LogP contribution in [0.5, 0.6) is 0 Å². The summed E-state index contributed by atoms with van der Waals surface area (Å²) in [6.45, 7) is 0.675. The predicted octanol–water partition coefficient (Wildman–Crippen LogP) is 2.16. The van der Waals surface area contributed by atoms with Gasteiger partial charge < -0.3 is 4.90 Å². The minimum atomic E-state index is -0.671. The van der Waals surface area contributed by atoms with Crippen molar-refractivity contribution in [3.05, 3.63) is 30.3 Å². The van der Waals surface area contributed by atoms with Crippen LogP contribution >= 0.6 is 0 Å². The van der Waals surface area contributed by atoms with Crippen LogP contribution in [0.1, 0.15) is 25.7 Å². The lowest BCUT2D eigenvalue weighted by Crippen LogP contribution is -2.37. The number of amides is 1. The van der Waals surface area contributed by atoms with Crippen molar-refractivity contribution in [2.75, 3.05) is 11.4 Å². The first-order chi connectivity index (χ1) is 8.24. The fourth-order valence-electron chi connectivity index (χ4n) is 3.04. The average Bonchev–Trinajstić information content (AvgIpc) is 2.88. The van der Waals surface area contributed by atoms with E-state index in [2.05, 4.69) is 0 Å². The van der Waals surface area contributed by atoms with Gasteiger partial charge in [-0.3, -0.25) is 9.59 Å². The van der Waals surface area contributed by atoms with Gasteiger partial charge in [-0.25, -0.2) is 0 Å². The third-order valence-electron chi connectivity index (χ3n) is 4.03. The molecule has 1 aliphatic heterocycles. The summed E-state index contributed by atoms with van der Waals surface area (Å²) in [6, 6.07) is 9.63. The highest BCUT2D eigenvalue weighted by Crippen LogP contribution is 2.44. The number of Topliss-reactive ketones (excluding diaryl/α,β-unsaturated/α-hetero) is 1. The molecule has 0 aromatic heterocycles. The van der Waals surface area contributed by atoms with Crippen LogP contribution in [-0.4, -0.2) is 18.2 Å². The minimum Gasteiger partial charge on any atom is -0.312 e. The molecule has 0 bridgehead atoms. The van der Waals surface area contributed by atoms with Gasteiger partial charge in [0.25, 0.3) is 0 Å². The van der Waals surface area contributed by atoms with Gasteiger partial charge in [0.15, 0.2) is 0 Å². The van der Waals surface area contributed by atoms with Crippen molar-refractivity contribution < 1.29 is 9.59 Å². The molecule has 0 N–H and O–H groups in total. The summed E-state index contributed by atoms with van der Waals surface area (Å²) < 4.78 is 0. The zero-order valence-corrected chi connectivity index (χ0v) is 9.69. The summed E-state index contributed by atoms with van der Waals surface area (Å²) >= 11 is 0. The molecular weight excluding hydrogens is 214 g/mol. The van der Waals surface area contributed by atoms with Crippen LogP contribution in [-0.2, 0) is 9.59 Å². The van der Waals surface area contributed by atoms with Gasteiger partial charge in [0, 0.05) is 18.7 Å². The molecule has 17 heavy (non-hydrogen) atoms. The molecule has 1 spiro atoms. The van der Waals surface area contributed by atoms with Gasteiger partial charge >= 0.3 is 0 Å². The molecule has 3 nitrogen and oxygen atoms in total. The second-order valence-electron chi connectivity index (χ2n) is 4.90. The third-order valence-corrected chi connectivity index (χ3v) is 4.03. The van der Waals surface area contributed by atoms with E-state index in [0.29, 0.717) is 19.4 Å². The number of hydrogen-bond donors (Lipinski definition) is 0. The maximum atomic E-state index is 12.4. The molecule has 1 saturated heterocycles. The molecule has 3 heteroatoms. The van der Waals surface area contributed by atoms with Crippen LogP contribution in [0.4, 0.5) is 5.69 Å². The van der Waals surface area contributed by atoms with Crippen molar-refractivity contribution >= 4 is 17.4 Å². The fraction of sp³-hybridized carbons (Fsp3) is 0.429. The summed E-state index contributed by atoms with van der Waals surface area (Å²) in [4.78, 5) is 26.2. The number of carbonyl (C=O) groups is 2. The summed E-state index contributed by atoms with van der Waals surface area (Å²) in [5.74, 6) is 0.173. The van der Waals surface area contributed by atoms with Crippen molar-refractivity contribution in [1.82, 2.24) is 0 Å². The number of benzene rings is 1. The Bertz CT molecular complexity index is 468. The van der Waals surface area contributed by atoms with E-state index in [9.17, 15) is 9.59 Å². The molecule has 2 aliphatic rings. The number of nitrogens with zero attached hydrogens (tertiary/aromatic N) is 1. The Balaban J connectivity index is 1.93. The first kappa shape index (κ1) is 10.5. The Hall–Kier alpha value is -1.64. The van der Waals surface area contributed by atoms with E-state index in [4.69, 9.17) is 0 Å². The fourth-order valence-corrected chi connectivity index (χ4v) is 3.04. The number of hydrogen-bond acceptors (Lipinski definition) is 2. The highest BCUT2D eigenvalue weighted by molar-refractivity contribution is 6.15. The standard InChI is InChI=1S/C14H15NO2/c16-12-7-4-8-14(12)9-10-15(13(14)17)11-5-2-1-3-6-11/h1-3,5-6H,4,7-10H2. The van der Waals surface area contributed by atoms with Crippen molar-refractivity contribution in [3.8, 4) is 0 Å². The number of carbonyl (C=O) groups excluding carboxylic acids is 2. The molecule has 1 atom stereocenters. The monoisotopic (exact) mass is 229 g/mol. The molecule has 1 saturated carbocycles. The van der Waals surface area contributed by atoms with E-state index in [0.717, 1.165) is 18.5 Å². The van der Waals surface area contributed by atoms with E-state index >= 15 is 0 Å². The molecule has 1 aromatic rings. The number of rotatable bonds is 1. The van der Waals surface area contributed by atoms with Crippen molar-refractivity contribution in [1.29, 1.82) is 0 Å². The molecule has 1 aliphatic carbocycles. The highest BCUT2D eigenvalue weighted by atomic mass is 16.2. The maximum absolute atomic E-state index is 12.4. The molecule has 88 valence electrons. The van der Waals surface area contributed by atoms with E-state index in [1.807, 2.05) is 30.3 Å². The second kappa shape index (κ2) is 3.69. The first-order valence-corrected chi connectivity index (χ1v) is 6.14. The van der Waals surface area contributed by atoms with Crippen LogP contribution in [0, 0.1) is 5.41 Å². The quantitative estimate of drug-likeness (QED) is 0.692. The molecule has 1 aromatic carbocycles. The molecule has 0 radical (unpaired) electrons. The van der Waals surface area contributed by atoms with Gasteiger partial charge in [0.2, 0.25) is 5.91 Å². The number of para-hydroxylation sites is 1. The zero-order chi connectivity index (χ0) is 11.9. The molecule has 1 unspecified atom stereocenters. The van der Waals surface area contributed by atoms with Crippen molar-refractivity contribution in [2.45, 2.75) is 25.7 Å². The van der Waals surface area contributed by atoms with Gasteiger partial charge in [0.05, 0.1) is 0 Å².